The Labute approximate surface area is 184 Å². The molecule has 1 aliphatic rings. The van der Waals surface area contributed by atoms with Gasteiger partial charge < -0.3 is 0 Å². The van der Waals surface area contributed by atoms with Crippen molar-refractivity contribution >= 4 is 12.0 Å². The fourth-order valence-corrected chi connectivity index (χ4v) is 20.2. The van der Waals surface area contributed by atoms with Crippen molar-refractivity contribution in [3.63, 3.8) is 0 Å². The van der Waals surface area contributed by atoms with E-state index in [0.717, 1.165) is 0 Å². The number of hydrogen-bond acceptors (Lipinski definition) is 1. The Morgan fingerprint density at radius 1 is 0.862 bits per heavy atom. The van der Waals surface area contributed by atoms with Gasteiger partial charge in [-0.05, 0) is 0 Å². The van der Waals surface area contributed by atoms with E-state index >= 15 is 0 Å². The maximum absolute atomic E-state index is 4.31. The molecule has 0 saturated carbocycles. The molecule has 3 heteroatoms. The van der Waals surface area contributed by atoms with E-state index in [0.29, 0.717) is 5.92 Å². The fourth-order valence-electron chi connectivity index (χ4n) is 5.59. The zero-order valence-corrected chi connectivity index (χ0v) is 23.9. The van der Waals surface area contributed by atoms with Gasteiger partial charge in [-0.15, -0.1) is 0 Å². The Bertz CT molecular complexity index is 732. The topological polar surface area (TPSA) is 12.0 Å². The molecule has 1 aromatic rings. The predicted molar refractivity (Wildman–Crippen MR) is 133 cm³/mol. The van der Waals surface area contributed by atoms with Crippen LogP contribution in [0.1, 0.15) is 86.0 Å². The summed E-state index contributed by atoms with van der Waals surface area (Å²) in [5, 5.41) is 2.67. The van der Waals surface area contributed by atoms with E-state index in [-0.39, 0.29) is 0 Å². The van der Waals surface area contributed by atoms with Gasteiger partial charge in [-0.25, -0.2) is 0 Å². The molecule has 0 bridgehead atoms. The molecule has 1 unspecified atom stereocenters. The van der Waals surface area contributed by atoms with Crippen LogP contribution in [0.15, 0.2) is 50.9 Å². The third-order valence-electron chi connectivity index (χ3n) is 7.77. The van der Waals surface area contributed by atoms with Crippen LogP contribution in [0.2, 0.25) is 5.23 Å². The zero-order chi connectivity index (χ0) is 21.5. The molecule has 1 aromatic carbocycles. The summed E-state index contributed by atoms with van der Waals surface area (Å²) in [5.41, 5.74) is 4.73. The second-order valence-corrected chi connectivity index (χ2v) is 30.2. The average molecular weight is 449 g/mol. The van der Waals surface area contributed by atoms with Crippen LogP contribution < -0.4 is 7.67 Å². The number of benzene rings is 1. The number of hydrogen-bond donors (Lipinski definition) is 1. The predicted octanol–water partition coefficient (Wildman–Crippen LogP) is 6.24. The van der Waals surface area contributed by atoms with E-state index in [9.17, 15) is 0 Å². The third-order valence-corrected chi connectivity index (χ3v) is 22.9. The molecule has 1 atom stereocenters. The monoisotopic (exact) mass is 448 g/mol. The van der Waals surface area contributed by atoms with Crippen LogP contribution in [0.4, 0.5) is 0 Å². The van der Waals surface area contributed by atoms with Gasteiger partial charge in [0, 0.05) is 0 Å². The van der Waals surface area contributed by atoms with Crippen LogP contribution in [0.25, 0.3) is 0 Å². The number of rotatable bonds is 12. The average Bonchev–Trinajstić information content (AvgIpc) is 2.91. The minimum atomic E-state index is -3.12. The summed E-state index contributed by atoms with van der Waals surface area (Å²) in [6, 6.07) is 11.5. The molecule has 0 aromatic heterocycles. The summed E-state index contributed by atoms with van der Waals surface area (Å²) in [6.45, 7) is 13.0. The van der Waals surface area contributed by atoms with Gasteiger partial charge in [0.15, 0.2) is 0 Å². The zero-order valence-electron chi connectivity index (χ0n) is 20.3. The van der Waals surface area contributed by atoms with Gasteiger partial charge in [-0.2, -0.15) is 0 Å². The first-order valence-electron chi connectivity index (χ1n) is 12.1. The minimum absolute atomic E-state index is 0.598. The molecule has 2 rings (SSSR count). The first kappa shape index (κ1) is 24.9. The first-order valence-corrected chi connectivity index (χ1v) is 21.7. The fraction of sp³-hybridized carbons (Fsp3) is 0.615. The van der Waals surface area contributed by atoms with Crippen LogP contribution in [0.3, 0.4) is 0 Å². The molecule has 0 heterocycles. The Balaban J connectivity index is 2.11. The molecular weight excluding hydrogens is 402 g/mol. The molecule has 0 saturated heterocycles. The molecule has 0 aliphatic heterocycles. The van der Waals surface area contributed by atoms with Crippen molar-refractivity contribution in [2.24, 2.45) is 5.92 Å². The van der Waals surface area contributed by atoms with Crippen molar-refractivity contribution < 1.29 is 14.8 Å². The van der Waals surface area contributed by atoms with Crippen molar-refractivity contribution in [3.8, 4) is 0 Å². The first-order chi connectivity index (χ1) is 13.7. The Hall–Kier alpha value is -0.409. The summed E-state index contributed by atoms with van der Waals surface area (Å²) >= 11 is -3.12. The number of nitrogens with one attached hydrogen (secondary N) is 1. The van der Waals surface area contributed by atoms with Crippen LogP contribution in [-0.4, -0.2) is 14.7 Å². The Morgan fingerprint density at radius 3 is 1.93 bits per heavy atom. The van der Waals surface area contributed by atoms with Crippen LogP contribution in [-0.2, 0) is 14.8 Å². The molecule has 0 spiro atoms. The van der Waals surface area contributed by atoms with Crippen LogP contribution in [0.5, 0.6) is 0 Å². The van der Waals surface area contributed by atoms with Gasteiger partial charge in [-0.3, -0.25) is 0 Å². The second kappa shape index (κ2) is 10.8. The SMILES string of the molecule is CCCCCCCCCC[NH][Ti]([CH3])([SiH3])([C]1=C(C)C(C)=C(C)C1C)[c]1ccccc1. The summed E-state index contributed by atoms with van der Waals surface area (Å²) in [4.78, 5) is 0. The van der Waals surface area contributed by atoms with E-state index in [2.05, 4.69) is 74.0 Å². The van der Waals surface area contributed by atoms with Crippen molar-refractivity contribution in [1.29, 1.82) is 0 Å². The molecule has 0 fully saturated rings. The van der Waals surface area contributed by atoms with Gasteiger partial charge in [0.05, 0.1) is 0 Å². The van der Waals surface area contributed by atoms with Crippen molar-refractivity contribution in [2.45, 2.75) is 91.2 Å². The quantitative estimate of drug-likeness (QED) is 0.295. The van der Waals surface area contributed by atoms with Gasteiger partial charge in [0.1, 0.15) is 0 Å². The van der Waals surface area contributed by atoms with Crippen LogP contribution in [0, 0.1) is 5.92 Å². The van der Waals surface area contributed by atoms with Gasteiger partial charge in [0.25, 0.3) is 0 Å². The van der Waals surface area contributed by atoms with Crippen LogP contribution >= 0.6 is 0 Å². The summed E-state index contributed by atoms with van der Waals surface area (Å²) in [5.74, 6) is 0.598. The van der Waals surface area contributed by atoms with Gasteiger partial charge >= 0.3 is 185 Å². The normalized spacial score (nSPS) is 19.1. The molecule has 1 aliphatic carbocycles. The summed E-state index contributed by atoms with van der Waals surface area (Å²) in [6.07, 6.45) is 11.1. The van der Waals surface area contributed by atoms with Gasteiger partial charge in [-0.1, -0.05) is 0 Å². The number of allylic oxidation sites excluding steroid dienone is 4. The van der Waals surface area contributed by atoms with Crippen molar-refractivity contribution in [3.05, 3.63) is 50.9 Å². The second-order valence-electron chi connectivity index (χ2n) is 10.2. The van der Waals surface area contributed by atoms with Crippen molar-refractivity contribution in [2.75, 3.05) is 6.54 Å². The summed E-state index contributed by atoms with van der Waals surface area (Å²) < 4.78 is 7.74. The molecule has 163 valence electrons. The Kier molecular flexibility index (Phi) is 9.22. The van der Waals surface area contributed by atoms with E-state index < -0.39 is 14.8 Å². The molecule has 0 amide bonds. The maximum atomic E-state index is 4.31. The summed E-state index contributed by atoms with van der Waals surface area (Å²) in [7, 11) is 1.23. The van der Waals surface area contributed by atoms with Gasteiger partial charge in [0.2, 0.25) is 0 Å². The van der Waals surface area contributed by atoms with E-state index in [4.69, 9.17) is 0 Å². The van der Waals surface area contributed by atoms with Crippen molar-refractivity contribution in [1.82, 2.24) is 3.80 Å². The standard InChI is InChI=1S/C10H22N.C9H13.C6H5.CH3.H3Si.Ti/c1-2-3-4-5-6-7-8-9-10-11;1-6-5-7(2)9(4)8(6)3;1-2-4-6-5-3-1;;;/h11H,2-10H2,1H3;6H,1-4H3;1-5H;2*1H3;/q-1;;;;;+1. The van der Waals surface area contributed by atoms with E-state index in [1.807, 2.05) is 0 Å². The van der Waals surface area contributed by atoms with E-state index in [1.54, 1.807) is 24.5 Å². The third kappa shape index (κ3) is 5.64. The van der Waals surface area contributed by atoms with E-state index in [1.165, 1.54) is 66.0 Å². The molecule has 0 radical (unpaired) electrons. The molecule has 29 heavy (non-hydrogen) atoms. The number of unbranched alkanes of at least 4 members (excludes halogenated alkanes) is 7. The molecule has 1 N–H and O–H groups in total. The Morgan fingerprint density at radius 2 is 1.41 bits per heavy atom. The molecule has 1 nitrogen and oxygen atoms in total. The molecular formula is C26H46NSiTi.